The van der Waals surface area contributed by atoms with Crippen molar-refractivity contribution in [1.82, 2.24) is 29.8 Å². The highest BCUT2D eigenvalue weighted by atomic mass is 15.3. The van der Waals surface area contributed by atoms with Gasteiger partial charge in [-0.25, -0.2) is 15.0 Å². The van der Waals surface area contributed by atoms with Crippen LogP contribution >= 0.6 is 0 Å². The normalized spacial score (nSPS) is 17.1. The van der Waals surface area contributed by atoms with Gasteiger partial charge in [0.15, 0.2) is 5.65 Å². The fraction of sp³-hybridized carbons (Fsp3) is 0.333. The summed E-state index contributed by atoms with van der Waals surface area (Å²) in [7, 11) is 0. The Balaban J connectivity index is 1.20. The maximum atomic E-state index is 5.06. The molecule has 0 radical (unpaired) electrons. The van der Waals surface area contributed by atoms with Crippen molar-refractivity contribution in [3.05, 3.63) is 78.2 Å². The summed E-state index contributed by atoms with van der Waals surface area (Å²) in [6, 6.07) is 17.7. The van der Waals surface area contributed by atoms with Gasteiger partial charge in [0.05, 0.1) is 11.2 Å². The molecule has 0 bridgehead atoms. The minimum Gasteiger partial charge on any atom is -0.367 e. The van der Waals surface area contributed by atoms with Crippen molar-refractivity contribution < 1.29 is 0 Å². The van der Waals surface area contributed by atoms with Crippen molar-refractivity contribution in [3.8, 4) is 11.4 Å². The Hall–Kier alpha value is -3.84. The topological polar surface area (TPSA) is 73.8 Å². The summed E-state index contributed by atoms with van der Waals surface area (Å²) in [5.74, 6) is 0.918. The predicted octanol–water partition coefficient (Wildman–Crippen LogP) is 5.58. The molecule has 0 aliphatic carbocycles. The summed E-state index contributed by atoms with van der Waals surface area (Å²) in [6.45, 7) is 12.7. The van der Waals surface area contributed by atoms with Crippen LogP contribution in [0.25, 0.3) is 33.6 Å². The molecular weight excluding hydrogens is 458 g/mol. The second-order valence-corrected chi connectivity index (χ2v) is 11.1. The van der Waals surface area contributed by atoms with Gasteiger partial charge in [0, 0.05) is 56.4 Å². The van der Waals surface area contributed by atoms with E-state index in [-0.39, 0.29) is 5.41 Å². The van der Waals surface area contributed by atoms with E-state index < -0.39 is 0 Å². The zero-order valence-corrected chi connectivity index (χ0v) is 21.9. The van der Waals surface area contributed by atoms with E-state index >= 15 is 0 Å². The van der Waals surface area contributed by atoms with E-state index in [1.807, 2.05) is 6.20 Å². The lowest BCUT2D eigenvalue weighted by atomic mass is 9.87. The number of imidazole rings is 1. The standard InChI is InChI=1S/C30H33N7/c1-20-18-37(15-14-36(20)19-21-16-25-29(33-17-21)32-13-12-31-25)26-7-5-6-24-27(26)35-28(34-24)22-8-10-23(11-9-22)30(2,3)4/h5-13,16-17,20H,14-15,18-19H2,1-4H3,(H,34,35). The van der Waals surface area contributed by atoms with Gasteiger partial charge in [-0.2, -0.15) is 0 Å². The van der Waals surface area contributed by atoms with Gasteiger partial charge in [-0.05, 0) is 41.7 Å². The molecule has 0 saturated carbocycles. The molecule has 188 valence electrons. The Morgan fingerprint density at radius 2 is 1.78 bits per heavy atom. The highest BCUT2D eigenvalue weighted by Crippen LogP contribution is 2.31. The SMILES string of the molecule is CC1CN(c2cccc3[nH]c(-c4ccc(C(C)(C)C)cc4)nc23)CCN1Cc1cnc2nccnc2c1. The van der Waals surface area contributed by atoms with Gasteiger partial charge in [0.25, 0.3) is 0 Å². The van der Waals surface area contributed by atoms with E-state index in [1.165, 1.54) is 16.8 Å². The number of hydrogen-bond acceptors (Lipinski definition) is 6. The van der Waals surface area contributed by atoms with Gasteiger partial charge < -0.3 is 9.88 Å². The molecule has 1 fully saturated rings. The number of hydrogen-bond donors (Lipinski definition) is 1. The quantitative estimate of drug-likeness (QED) is 0.354. The number of fused-ring (bicyclic) bond motifs is 2. The van der Waals surface area contributed by atoms with E-state index in [1.54, 1.807) is 12.4 Å². The third-order valence-electron chi connectivity index (χ3n) is 7.39. The number of H-pyrrole nitrogens is 1. The summed E-state index contributed by atoms with van der Waals surface area (Å²) in [4.78, 5) is 26.8. The summed E-state index contributed by atoms with van der Waals surface area (Å²) in [5.41, 5.74) is 8.60. The number of benzene rings is 2. The third-order valence-corrected chi connectivity index (χ3v) is 7.39. The van der Waals surface area contributed by atoms with Crippen molar-refractivity contribution in [2.45, 2.75) is 45.7 Å². The van der Waals surface area contributed by atoms with Crippen LogP contribution in [0.1, 0.15) is 38.8 Å². The average molecular weight is 492 g/mol. The number of nitrogens with zero attached hydrogens (tertiary/aromatic N) is 6. The van der Waals surface area contributed by atoms with Crippen molar-refractivity contribution >= 4 is 27.9 Å². The number of rotatable bonds is 4. The Kier molecular flexibility index (Phi) is 5.88. The minimum atomic E-state index is 0.136. The van der Waals surface area contributed by atoms with Gasteiger partial charge in [0.1, 0.15) is 16.9 Å². The maximum Gasteiger partial charge on any atom is 0.178 e. The molecule has 1 aliphatic rings. The third kappa shape index (κ3) is 4.67. The van der Waals surface area contributed by atoms with E-state index in [2.05, 4.69) is 106 Å². The summed E-state index contributed by atoms with van der Waals surface area (Å²) >= 11 is 0. The zero-order chi connectivity index (χ0) is 25.6. The molecule has 1 N–H and O–H groups in total. The highest BCUT2D eigenvalue weighted by Gasteiger charge is 2.26. The first-order chi connectivity index (χ1) is 17.8. The fourth-order valence-electron chi connectivity index (χ4n) is 5.21. The summed E-state index contributed by atoms with van der Waals surface area (Å²) in [5, 5.41) is 0. The Morgan fingerprint density at radius 3 is 2.57 bits per heavy atom. The lowest BCUT2D eigenvalue weighted by Crippen LogP contribution is -2.51. The van der Waals surface area contributed by atoms with Crippen LogP contribution in [-0.2, 0) is 12.0 Å². The first-order valence-electron chi connectivity index (χ1n) is 13.0. The number of aromatic nitrogens is 5. The molecule has 3 aromatic heterocycles. The lowest BCUT2D eigenvalue weighted by Gasteiger charge is -2.41. The molecule has 6 rings (SSSR count). The van der Waals surface area contributed by atoms with Crippen LogP contribution in [0.15, 0.2) is 67.1 Å². The second-order valence-electron chi connectivity index (χ2n) is 11.1. The molecule has 1 aliphatic heterocycles. The molecule has 0 spiro atoms. The molecule has 0 amide bonds. The van der Waals surface area contributed by atoms with Crippen LogP contribution in [0.4, 0.5) is 5.69 Å². The number of pyridine rings is 1. The van der Waals surface area contributed by atoms with Crippen LogP contribution in [0.2, 0.25) is 0 Å². The summed E-state index contributed by atoms with van der Waals surface area (Å²) < 4.78 is 0. The van der Waals surface area contributed by atoms with E-state index in [4.69, 9.17) is 4.98 Å². The first kappa shape index (κ1) is 23.6. The van der Waals surface area contributed by atoms with Crippen LogP contribution in [-0.4, -0.2) is 55.5 Å². The van der Waals surface area contributed by atoms with E-state index in [0.717, 1.165) is 54.1 Å². The minimum absolute atomic E-state index is 0.136. The summed E-state index contributed by atoms with van der Waals surface area (Å²) in [6.07, 6.45) is 5.33. The Bertz CT molecular complexity index is 1550. The fourth-order valence-corrected chi connectivity index (χ4v) is 5.21. The number of piperazine rings is 1. The van der Waals surface area contributed by atoms with Crippen molar-refractivity contribution in [2.24, 2.45) is 0 Å². The van der Waals surface area contributed by atoms with Gasteiger partial charge >= 0.3 is 0 Å². The van der Waals surface area contributed by atoms with Crippen LogP contribution in [0, 0.1) is 0 Å². The average Bonchev–Trinajstić information content (AvgIpc) is 3.34. The van der Waals surface area contributed by atoms with Crippen molar-refractivity contribution in [3.63, 3.8) is 0 Å². The predicted molar refractivity (Wildman–Crippen MR) is 150 cm³/mol. The first-order valence-corrected chi connectivity index (χ1v) is 13.0. The monoisotopic (exact) mass is 491 g/mol. The van der Waals surface area contributed by atoms with Crippen LogP contribution in [0.3, 0.4) is 0 Å². The second kappa shape index (κ2) is 9.23. The van der Waals surface area contributed by atoms with Crippen LogP contribution < -0.4 is 4.90 Å². The smallest absolute Gasteiger partial charge is 0.178 e. The molecule has 1 unspecified atom stereocenters. The molecule has 7 heteroatoms. The molecule has 4 heterocycles. The van der Waals surface area contributed by atoms with Gasteiger partial charge in [-0.15, -0.1) is 0 Å². The Morgan fingerprint density at radius 1 is 0.973 bits per heavy atom. The Labute approximate surface area is 217 Å². The number of nitrogens with one attached hydrogen (secondary N) is 1. The molecule has 1 saturated heterocycles. The van der Waals surface area contributed by atoms with E-state index in [0.29, 0.717) is 11.7 Å². The molecule has 2 aromatic carbocycles. The van der Waals surface area contributed by atoms with Gasteiger partial charge in [0.2, 0.25) is 0 Å². The van der Waals surface area contributed by atoms with Crippen molar-refractivity contribution in [1.29, 1.82) is 0 Å². The maximum absolute atomic E-state index is 5.06. The van der Waals surface area contributed by atoms with Crippen LogP contribution in [0.5, 0.6) is 0 Å². The number of para-hydroxylation sites is 1. The van der Waals surface area contributed by atoms with E-state index in [9.17, 15) is 0 Å². The molecule has 5 aromatic rings. The largest absolute Gasteiger partial charge is 0.367 e. The molecular formula is C30H33N7. The molecule has 37 heavy (non-hydrogen) atoms. The van der Waals surface area contributed by atoms with Gasteiger partial charge in [-0.3, -0.25) is 9.88 Å². The highest BCUT2D eigenvalue weighted by molar-refractivity contribution is 5.91. The zero-order valence-electron chi connectivity index (χ0n) is 21.9. The lowest BCUT2D eigenvalue weighted by molar-refractivity contribution is 0.181. The molecule has 7 nitrogen and oxygen atoms in total. The molecule has 1 atom stereocenters. The van der Waals surface area contributed by atoms with Gasteiger partial charge in [-0.1, -0.05) is 51.1 Å². The number of aromatic amines is 1. The van der Waals surface area contributed by atoms with Crippen molar-refractivity contribution in [2.75, 3.05) is 24.5 Å². The number of anilines is 1.